The number of H-pyrrole nitrogens is 1. The maximum Gasteiger partial charge on any atom is 0.329 e. The summed E-state index contributed by atoms with van der Waals surface area (Å²) in [7, 11) is 0. The molecule has 2 atom stereocenters. The van der Waals surface area contributed by atoms with Gasteiger partial charge in [-0.1, -0.05) is 31.5 Å². The lowest BCUT2D eigenvalue weighted by atomic mass is 9.89. The van der Waals surface area contributed by atoms with Crippen molar-refractivity contribution in [3.8, 4) is 22.5 Å². The summed E-state index contributed by atoms with van der Waals surface area (Å²) in [5, 5.41) is 24.2. The average molecular weight is 446 g/mol. The predicted octanol–water partition coefficient (Wildman–Crippen LogP) is 2.98. The molecule has 1 aliphatic rings. The molecule has 0 saturated heterocycles. The fourth-order valence-electron chi connectivity index (χ4n) is 4.33. The number of rotatable bonds is 8. The maximum atomic E-state index is 13.2. The SMILES string of the molecule is CCCCc1cn(C2CCC2O)c(=O)n1Cc1cc(-c2cccc(-c3nnn[nH]3)c2)ccn1. The smallest absolute Gasteiger partial charge is 0.329 e. The normalized spacial score (nSPS) is 17.8. The second-order valence-corrected chi connectivity index (χ2v) is 8.58. The molecule has 0 spiro atoms. The Morgan fingerprint density at radius 3 is 2.73 bits per heavy atom. The van der Waals surface area contributed by atoms with Crippen LogP contribution >= 0.6 is 0 Å². The summed E-state index contributed by atoms with van der Waals surface area (Å²) < 4.78 is 3.53. The summed E-state index contributed by atoms with van der Waals surface area (Å²) in [6, 6.07) is 11.8. The topological polar surface area (TPSA) is 115 Å². The summed E-state index contributed by atoms with van der Waals surface area (Å²) in [6.45, 7) is 2.54. The Morgan fingerprint density at radius 2 is 2.00 bits per heavy atom. The molecule has 0 amide bonds. The third-order valence-electron chi connectivity index (χ3n) is 6.38. The molecule has 0 bridgehead atoms. The lowest BCUT2D eigenvalue weighted by Gasteiger charge is -2.32. The van der Waals surface area contributed by atoms with Crippen molar-refractivity contribution in [3.05, 3.63) is 70.7 Å². The highest BCUT2D eigenvalue weighted by Gasteiger charge is 2.32. The molecule has 9 heteroatoms. The van der Waals surface area contributed by atoms with E-state index in [2.05, 4.69) is 32.5 Å². The molecule has 5 rings (SSSR count). The minimum atomic E-state index is -0.439. The fraction of sp³-hybridized carbons (Fsp3) is 0.375. The molecule has 3 heterocycles. The number of aliphatic hydroxyl groups is 1. The number of nitrogens with zero attached hydrogens (tertiary/aromatic N) is 6. The maximum absolute atomic E-state index is 13.2. The number of hydrogen-bond acceptors (Lipinski definition) is 6. The van der Waals surface area contributed by atoms with Gasteiger partial charge in [0.2, 0.25) is 0 Å². The summed E-state index contributed by atoms with van der Waals surface area (Å²) in [5.41, 5.74) is 4.65. The average Bonchev–Trinajstić information content (AvgIpc) is 3.47. The lowest BCUT2D eigenvalue weighted by Crippen LogP contribution is -2.39. The second-order valence-electron chi connectivity index (χ2n) is 8.58. The zero-order chi connectivity index (χ0) is 22.8. The molecular weight excluding hydrogens is 418 g/mol. The van der Waals surface area contributed by atoms with Crippen LogP contribution in [0.2, 0.25) is 0 Å². The largest absolute Gasteiger partial charge is 0.391 e. The molecule has 33 heavy (non-hydrogen) atoms. The number of aromatic nitrogens is 7. The van der Waals surface area contributed by atoms with E-state index in [1.165, 1.54) is 0 Å². The summed E-state index contributed by atoms with van der Waals surface area (Å²) in [5.74, 6) is 0.609. The van der Waals surface area contributed by atoms with Crippen molar-refractivity contribution < 1.29 is 5.11 Å². The first-order valence-electron chi connectivity index (χ1n) is 11.4. The molecule has 1 aromatic carbocycles. The minimum Gasteiger partial charge on any atom is -0.391 e. The van der Waals surface area contributed by atoms with E-state index in [1.54, 1.807) is 10.8 Å². The predicted molar refractivity (Wildman–Crippen MR) is 124 cm³/mol. The number of aliphatic hydroxyl groups excluding tert-OH is 1. The van der Waals surface area contributed by atoms with Crippen LogP contribution in [0.4, 0.5) is 0 Å². The number of aryl methyl sites for hydroxylation is 1. The highest BCUT2D eigenvalue weighted by Crippen LogP contribution is 2.31. The Bertz CT molecular complexity index is 1290. The summed E-state index contributed by atoms with van der Waals surface area (Å²) in [4.78, 5) is 17.8. The van der Waals surface area contributed by atoms with E-state index in [1.807, 2.05) is 47.2 Å². The van der Waals surface area contributed by atoms with Gasteiger partial charge in [-0.3, -0.25) is 14.1 Å². The van der Waals surface area contributed by atoms with Gasteiger partial charge in [0.15, 0.2) is 5.82 Å². The van der Waals surface area contributed by atoms with Gasteiger partial charge in [0.1, 0.15) is 0 Å². The standard InChI is InChI=1S/C24H27N7O2/c1-2-3-7-20-15-31(21-8-9-22(21)32)24(33)30(20)14-19-13-17(10-11-25-19)16-5-4-6-18(12-16)23-26-28-29-27-23/h4-6,10-13,15,21-22,32H,2-3,7-9,14H2,1H3,(H,26,27,28,29). The van der Waals surface area contributed by atoms with Crippen LogP contribution in [0.25, 0.3) is 22.5 Å². The Kier molecular flexibility index (Phi) is 5.87. The summed E-state index contributed by atoms with van der Waals surface area (Å²) >= 11 is 0. The molecule has 0 radical (unpaired) electrons. The number of tetrazole rings is 1. The van der Waals surface area contributed by atoms with Crippen molar-refractivity contribution in [1.29, 1.82) is 0 Å². The molecular formula is C24H27N7O2. The Labute approximate surface area is 191 Å². The second kappa shape index (κ2) is 9.11. The van der Waals surface area contributed by atoms with Crippen molar-refractivity contribution in [2.75, 3.05) is 0 Å². The monoisotopic (exact) mass is 445 g/mol. The van der Waals surface area contributed by atoms with E-state index >= 15 is 0 Å². The Morgan fingerprint density at radius 1 is 1.15 bits per heavy atom. The van der Waals surface area contributed by atoms with Gasteiger partial charge in [-0.25, -0.2) is 9.89 Å². The molecule has 2 unspecified atom stereocenters. The molecule has 1 aliphatic carbocycles. The molecule has 170 valence electrons. The van der Waals surface area contributed by atoms with E-state index in [-0.39, 0.29) is 11.7 Å². The molecule has 9 nitrogen and oxygen atoms in total. The van der Waals surface area contributed by atoms with Crippen LogP contribution in [0.15, 0.2) is 53.6 Å². The molecule has 4 aromatic rings. The van der Waals surface area contributed by atoms with Gasteiger partial charge in [0, 0.05) is 23.7 Å². The van der Waals surface area contributed by atoms with Crippen molar-refractivity contribution in [1.82, 2.24) is 34.7 Å². The van der Waals surface area contributed by atoms with Gasteiger partial charge in [-0.05, 0) is 65.4 Å². The molecule has 2 N–H and O–H groups in total. The molecule has 0 aliphatic heterocycles. The third kappa shape index (κ3) is 4.23. The zero-order valence-electron chi connectivity index (χ0n) is 18.6. The van der Waals surface area contributed by atoms with Gasteiger partial charge >= 0.3 is 5.69 Å². The van der Waals surface area contributed by atoms with Crippen LogP contribution in [0.3, 0.4) is 0 Å². The van der Waals surface area contributed by atoms with Crippen molar-refractivity contribution in [3.63, 3.8) is 0 Å². The van der Waals surface area contributed by atoms with Gasteiger partial charge < -0.3 is 5.11 Å². The Balaban J connectivity index is 1.46. The van der Waals surface area contributed by atoms with E-state index < -0.39 is 6.10 Å². The van der Waals surface area contributed by atoms with Gasteiger partial charge in [-0.2, -0.15) is 0 Å². The number of nitrogens with one attached hydrogen (secondary N) is 1. The first kappa shape index (κ1) is 21.3. The first-order valence-corrected chi connectivity index (χ1v) is 11.4. The number of hydrogen-bond donors (Lipinski definition) is 2. The van der Waals surface area contributed by atoms with Crippen LogP contribution in [0.1, 0.15) is 50.0 Å². The van der Waals surface area contributed by atoms with Crippen LogP contribution in [-0.4, -0.2) is 46.0 Å². The van der Waals surface area contributed by atoms with Gasteiger partial charge in [0.25, 0.3) is 0 Å². The number of pyridine rings is 1. The minimum absolute atomic E-state index is 0.0723. The number of imidazole rings is 1. The highest BCUT2D eigenvalue weighted by atomic mass is 16.3. The van der Waals surface area contributed by atoms with Crippen molar-refractivity contribution in [2.45, 2.75) is 57.7 Å². The van der Waals surface area contributed by atoms with Gasteiger partial charge in [0.05, 0.1) is 24.4 Å². The number of unbranched alkanes of at least 4 members (excludes halogenated alkanes) is 1. The van der Waals surface area contributed by atoms with Crippen LogP contribution in [0, 0.1) is 0 Å². The first-order chi connectivity index (χ1) is 16.1. The quantitative estimate of drug-likeness (QED) is 0.431. The van der Waals surface area contributed by atoms with Crippen molar-refractivity contribution >= 4 is 0 Å². The third-order valence-corrected chi connectivity index (χ3v) is 6.38. The van der Waals surface area contributed by atoms with Gasteiger partial charge in [-0.15, -0.1) is 5.10 Å². The molecule has 1 fully saturated rings. The summed E-state index contributed by atoms with van der Waals surface area (Å²) in [6.07, 6.45) is 7.74. The van der Waals surface area contributed by atoms with E-state index in [0.717, 1.165) is 60.2 Å². The number of benzene rings is 1. The van der Waals surface area contributed by atoms with Crippen LogP contribution in [0.5, 0.6) is 0 Å². The van der Waals surface area contributed by atoms with Crippen molar-refractivity contribution in [2.24, 2.45) is 0 Å². The fourth-order valence-corrected chi connectivity index (χ4v) is 4.33. The van der Waals surface area contributed by atoms with E-state index in [9.17, 15) is 9.90 Å². The van der Waals surface area contributed by atoms with Crippen LogP contribution in [-0.2, 0) is 13.0 Å². The Hall–Kier alpha value is -3.59. The number of aromatic amines is 1. The highest BCUT2D eigenvalue weighted by molar-refractivity contribution is 5.70. The van der Waals surface area contributed by atoms with E-state index in [0.29, 0.717) is 12.4 Å². The van der Waals surface area contributed by atoms with Crippen LogP contribution < -0.4 is 5.69 Å². The molecule has 1 saturated carbocycles. The lowest BCUT2D eigenvalue weighted by molar-refractivity contribution is 0.0297. The molecule has 3 aromatic heterocycles. The zero-order valence-corrected chi connectivity index (χ0v) is 18.6. The van der Waals surface area contributed by atoms with E-state index in [4.69, 9.17) is 0 Å².